The predicted octanol–water partition coefficient (Wildman–Crippen LogP) is 1.80. The van der Waals surface area contributed by atoms with Gasteiger partial charge in [0.05, 0.1) is 24.1 Å². The van der Waals surface area contributed by atoms with E-state index in [1.165, 1.54) is 12.1 Å². The Hall–Kier alpha value is -1.66. The van der Waals surface area contributed by atoms with Crippen molar-refractivity contribution in [1.29, 1.82) is 0 Å². The maximum absolute atomic E-state index is 13.4. The summed E-state index contributed by atoms with van der Waals surface area (Å²) in [5.41, 5.74) is 1.47. The number of nitrogens with zero attached hydrogens (tertiary/aromatic N) is 2. The molecule has 0 aliphatic carbocycles. The second-order valence-electron chi connectivity index (χ2n) is 5.75. The topological polar surface area (TPSA) is 42.0 Å². The van der Waals surface area contributed by atoms with Gasteiger partial charge in [-0.15, -0.1) is 0 Å². The molecule has 2 aliphatic heterocycles. The Morgan fingerprint density at radius 2 is 2.27 bits per heavy atom. The molecule has 5 nitrogen and oxygen atoms in total. The average Bonchev–Trinajstić information content (AvgIpc) is 3.01. The summed E-state index contributed by atoms with van der Waals surface area (Å²) in [5, 5.41) is 0. The first kappa shape index (κ1) is 15.2. The average molecular weight is 308 g/mol. The summed E-state index contributed by atoms with van der Waals surface area (Å²) in [5.74, 6) is -0.395. The fourth-order valence-electron chi connectivity index (χ4n) is 2.91. The molecule has 0 radical (unpaired) electrons. The molecule has 0 bridgehead atoms. The summed E-state index contributed by atoms with van der Waals surface area (Å²) in [7, 11) is 1.90. The highest BCUT2D eigenvalue weighted by atomic mass is 19.1. The molecule has 1 saturated heterocycles. The van der Waals surface area contributed by atoms with E-state index in [0.717, 1.165) is 30.8 Å². The minimum atomic E-state index is -0.297. The highest BCUT2D eigenvalue weighted by molar-refractivity contribution is 5.98. The quantitative estimate of drug-likeness (QED) is 0.851. The van der Waals surface area contributed by atoms with Gasteiger partial charge in [-0.3, -0.25) is 4.79 Å². The van der Waals surface area contributed by atoms with Crippen LogP contribution in [0.3, 0.4) is 0 Å². The lowest BCUT2D eigenvalue weighted by Crippen LogP contribution is -2.44. The number of anilines is 2. The fraction of sp³-hybridized carbons (Fsp3) is 0.562. The molecule has 3 rings (SSSR count). The van der Waals surface area contributed by atoms with Crippen LogP contribution >= 0.6 is 0 Å². The molecule has 0 aromatic heterocycles. The molecule has 2 heterocycles. The van der Waals surface area contributed by atoms with Gasteiger partial charge in [0.2, 0.25) is 0 Å². The third kappa shape index (κ3) is 3.23. The Labute approximate surface area is 129 Å². The zero-order chi connectivity index (χ0) is 15.5. The molecule has 0 unspecified atom stereocenters. The van der Waals surface area contributed by atoms with Crippen molar-refractivity contribution in [3.63, 3.8) is 0 Å². The van der Waals surface area contributed by atoms with Crippen LogP contribution in [0.4, 0.5) is 15.8 Å². The standard InChI is InChI=1S/C16H21FN2O3/c1-18-6-7-19(14-5-4-12(17)9-15(14)18)16(20)11-21-10-13-3-2-8-22-13/h4-5,9,13H,2-3,6-8,10-11H2,1H3/t13-/m0/s1. The predicted molar refractivity (Wildman–Crippen MR) is 81.8 cm³/mol. The summed E-state index contributed by atoms with van der Waals surface area (Å²) in [6.45, 7) is 2.51. The molecule has 6 heteroatoms. The second kappa shape index (κ2) is 6.62. The highest BCUT2D eigenvalue weighted by Crippen LogP contribution is 2.32. The largest absolute Gasteiger partial charge is 0.376 e. The summed E-state index contributed by atoms with van der Waals surface area (Å²) in [6.07, 6.45) is 2.16. The Bertz CT molecular complexity index is 546. The first-order valence-electron chi connectivity index (χ1n) is 7.65. The van der Waals surface area contributed by atoms with Gasteiger partial charge in [0.25, 0.3) is 5.91 Å². The molecule has 0 spiro atoms. The maximum Gasteiger partial charge on any atom is 0.253 e. The summed E-state index contributed by atoms with van der Waals surface area (Å²) in [4.78, 5) is 16.0. The number of hydrogen-bond acceptors (Lipinski definition) is 4. The number of amides is 1. The Morgan fingerprint density at radius 1 is 1.41 bits per heavy atom. The smallest absolute Gasteiger partial charge is 0.253 e. The molecule has 1 fully saturated rings. The Kier molecular flexibility index (Phi) is 4.59. The highest BCUT2D eigenvalue weighted by Gasteiger charge is 2.26. The van der Waals surface area contributed by atoms with Crippen molar-refractivity contribution in [3.8, 4) is 0 Å². The molecule has 0 N–H and O–H groups in total. The molecule has 22 heavy (non-hydrogen) atoms. The van der Waals surface area contributed by atoms with Gasteiger partial charge in [0.15, 0.2) is 0 Å². The molecule has 1 atom stereocenters. The van der Waals surface area contributed by atoms with Crippen LogP contribution < -0.4 is 9.80 Å². The number of likely N-dealkylation sites (N-methyl/N-ethyl adjacent to an activating group) is 1. The van der Waals surface area contributed by atoms with Gasteiger partial charge < -0.3 is 19.3 Å². The lowest BCUT2D eigenvalue weighted by atomic mass is 10.1. The van der Waals surface area contributed by atoms with E-state index in [1.54, 1.807) is 11.0 Å². The van der Waals surface area contributed by atoms with E-state index in [2.05, 4.69) is 0 Å². The molecule has 0 saturated carbocycles. The van der Waals surface area contributed by atoms with Crippen LogP contribution in [0.15, 0.2) is 18.2 Å². The Morgan fingerprint density at radius 3 is 3.05 bits per heavy atom. The van der Waals surface area contributed by atoms with Gasteiger partial charge in [-0.1, -0.05) is 0 Å². The van der Waals surface area contributed by atoms with Crippen molar-refractivity contribution < 1.29 is 18.7 Å². The number of ether oxygens (including phenoxy) is 2. The molecule has 120 valence electrons. The van der Waals surface area contributed by atoms with Crippen LogP contribution in [0.25, 0.3) is 0 Å². The zero-order valence-corrected chi connectivity index (χ0v) is 12.8. The number of benzene rings is 1. The van der Waals surface area contributed by atoms with Crippen molar-refractivity contribution in [2.45, 2.75) is 18.9 Å². The van der Waals surface area contributed by atoms with E-state index in [0.29, 0.717) is 19.7 Å². The first-order chi connectivity index (χ1) is 10.6. The van der Waals surface area contributed by atoms with E-state index >= 15 is 0 Å². The first-order valence-corrected chi connectivity index (χ1v) is 7.65. The van der Waals surface area contributed by atoms with E-state index in [-0.39, 0.29) is 24.4 Å². The third-order valence-electron chi connectivity index (χ3n) is 4.15. The summed E-state index contributed by atoms with van der Waals surface area (Å²) >= 11 is 0. The number of carbonyl (C=O) groups excluding carboxylic acids is 1. The lowest BCUT2D eigenvalue weighted by molar-refractivity contribution is -0.124. The molecule has 1 aromatic rings. The van der Waals surface area contributed by atoms with Crippen LogP contribution in [0.2, 0.25) is 0 Å². The number of hydrogen-bond donors (Lipinski definition) is 0. The van der Waals surface area contributed by atoms with Crippen LogP contribution in [0.5, 0.6) is 0 Å². The van der Waals surface area contributed by atoms with Gasteiger partial charge in [-0.2, -0.15) is 0 Å². The summed E-state index contributed by atoms with van der Waals surface area (Å²) < 4.78 is 24.4. The van der Waals surface area contributed by atoms with E-state index in [9.17, 15) is 9.18 Å². The van der Waals surface area contributed by atoms with E-state index < -0.39 is 0 Å². The Balaban J connectivity index is 1.62. The number of fused-ring (bicyclic) bond motifs is 1. The minimum Gasteiger partial charge on any atom is -0.376 e. The number of carbonyl (C=O) groups is 1. The zero-order valence-electron chi connectivity index (χ0n) is 12.8. The number of rotatable bonds is 4. The fourth-order valence-corrected chi connectivity index (χ4v) is 2.91. The maximum atomic E-state index is 13.4. The van der Waals surface area contributed by atoms with Crippen LogP contribution in [0.1, 0.15) is 12.8 Å². The molecular formula is C16H21FN2O3. The van der Waals surface area contributed by atoms with Crippen molar-refractivity contribution >= 4 is 17.3 Å². The molecule has 1 aromatic carbocycles. The molecular weight excluding hydrogens is 287 g/mol. The minimum absolute atomic E-state index is 0.0282. The van der Waals surface area contributed by atoms with Gasteiger partial charge in [0.1, 0.15) is 12.4 Å². The van der Waals surface area contributed by atoms with Crippen LogP contribution in [-0.2, 0) is 14.3 Å². The van der Waals surface area contributed by atoms with Crippen molar-refractivity contribution in [2.24, 2.45) is 0 Å². The van der Waals surface area contributed by atoms with Crippen LogP contribution in [-0.4, -0.2) is 52.0 Å². The second-order valence-corrected chi connectivity index (χ2v) is 5.75. The van der Waals surface area contributed by atoms with Crippen molar-refractivity contribution in [3.05, 3.63) is 24.0 Å². The lowest BCUT2D eigenvalue weighted by Gasteiger charge is -2.35. The number of halogens is 1. The van der Waals surface area contributed by atoms with Gasteiger partial charge >= 0.3 is 0 Å². The van der Waals surface area contributed by atoms with Crippen molar-refractivity contribution in [2.75, 3.05) is 49.8 Å². The van der Waals surface area contributed by atoms with E-state index in [4.69, 9.17) is 9.47 Å². The normalized spacial score (nSPS) is 21.1. The molecule has 1 amide bonds. The van der Waals surface area contributed by atoms with Crippen molar-refractivity contribution in [1.82, 2.24) is 0 Å². The monoisotopic (exact) mass is 308 g/mol. The van der Waals surface area contributed by atoms with Crippen LogP contribution in [0, 0.1) is 5.82 Å². The van der Waals surface area contributed by atoms with Gasteiger partial charge in [-0.05, 0) is 31.0 Å². The van der Waals surface area contributed by atoms with Gasteiger partial charge in [-0.25, -0.2) is 4.39 Å². The third-order valence-corrected chi connectivity index (χ3v) is 4.15. The SMILES string of the molecule is CN1CCN(C(=O)COC[C@@H]2CCCO2)c2ccc(F)cc21. The molecule has 2 aliphatic rings. The summed E-state index contributed by atoms with van der Waals surface area (Å²) in [6, 6.07) is 4.49. The van der Waals surface area contributed by atoms with E-state index in [1.807, 2.05) is 11.9 Å². The van der Waals surface area contributed by atoms with Gasteiger partial charge in [0, 0.05) is 26.7 Å².